The number of hydrogen-bond donors (Lipinski definition) is 0. The fourth-order valence-corrected chi connectivity index (χ4v) is 5.03. The fourth-order valence-electron chi connectivity index (χ4n) is 5.03. The van der Waals surface area contributed by atoms with Crippen LogP contribution in [0.15, 0.2) is 126 Å². The van der Waals surface area contributed by atoms with Crippen molar-refractivity contribution >= 4 is 21.9 Å². The van der Waals surface area contributed by atoms with E-state index in [9.17, 15) is 0 Å². The molecular formula is C32H20O2. The first-order valence-electron chi connectivity index (χ1n) is 11.4. The molecule has 160 valence electrons. The Morgan fingerprint density at radius 1 is 0.529 bits per heavy atom. The van der Waals surface area contributed by atoms with Crippen molar-refractivity contribution in [3.8, 4) is 22.6 Å². The van der Waals surface area contributed by atoms with Crippen molar-refractivity contribution in [1.29, 1.82) is 0 Å². The first-order valence-corrected chi connectivity index (χ1v) is 11.4. The van der Waals surface area contributed by atoms with Crippen LogP contribution in [0.5, 0.6) is 11.5 Å². The van der Waals surface area contributed by atoms with Crippen LogP contribution >= 0.6 is 0 Å². The first-order chi connectivity index (χ1) is 16.9. The lowest BCUT2D eigenvalue weighted by Crippen LogP contribution is -2.12. The predicted octanol–water partition coefficient (Wildman–Crippen LogP) is 8.66. The second kappa shape index (κ2) is 7.50. The van der Waals surface area contributed by atoms with Gasteiger partial charge in [0.05, 0.1) is 22.3 Å². The summed E-state index contributed by atoms with van der Waals surface area (Å²) in [7, 11) is 0. The summed E-state index contributed by atoms with van der Waals surface area (Å²) < 4.78 is 12.5. The highest BCUT2D eigenvalue weighted by molar-refractivity contribution is 6.08. The number of rotatable bonds is 2. The van der Waals surface area contributed by atoms with Gasteiger partial charge in [-0.05, 0) is 41.0 Å². The Hall–Kier alpha value is -4.56. The van der Waals surface area contributed by atoms with E-state index in [4.69, 9.17) is 9.15 Å². The third-order valence-corrected chi connectivity index (χ3v) is 6.51. The first kappa shape index (κ1) is 19.0. The van der Waals surface area contributed by atoms with E-state index in [0.29, 0.717) is 0 Å². The van der Waals surface area contributed by atoms with Crippen LogP contribution in [0.4, 0.5) is 0 Å². The summed E-state index contributed by atoms with van der Waals surface area (Å²) in [6, 6.07) is 41.9. The summed E-state index contributed by atoms with van der Waals surface area (Å²) >= 11 is 0. The molecule has 0 saturated heterocycles. The van der Waals surface area contributed by atoms with Gasteiger partial charge >= 0.3 is 11.2 Å². The molecule has 0 amide bonds. The Bertz CT molecular complexity index is 1600. The Kier molecular flexibility index (Phi) is 4.18. The zero-order chi connectivity index (χ0) is 22.5. The molecule has 7 rings (SSSR count). The highest BCUT2D eigenvalue weighted by atomic mass is 16.5. The lowest BCUT2D eigenvalue weighted by Gasteiger charge is -2.34. The van der Waals surface area contributed by atoms with E-state index in [2.05, 4.69) is 72.8 Å². The standard InChI is InChI=1S/C32H20O2/c1-5-16-27-23(12-1)31(24-13-2-6-17-28(24)33-27)21-10-9-11-22(20-21)32-25-14-3-7-18-29(25)34-30-19-8-4-15-26(30)32/h1-20H. The minimum absolute atomic E-state index is 0.885. The van der Waals surface area contributed by atoms with Crippen LogP contribution in [0, 0.1) is 5.92 Å². The quantitative estimate of drug-likeness (QED) is 0.154. The maximum atomic E-state index is 6.23. The molecular weight excluding hydrogens is 416 g/mol. The SMILES string of the molecule is c1cc(-c2c3ccccc3[o+]c3ccccc23)cc([C-]2c3ccccc3Oc3ccccc32)c1. The summed E-state index contributed by atoms with van der Waals surface area (Å²) in [5, 5.41) is 2.22. The molecule has 5 aromatic carbocycles. The maximum Gasteiger partial charge on any atom is 0.361 e. The average Bonchev–Trinajstić information content (AvgIpc) is 2.90. The largest absolute Gasteiger partial charge is 0.506 e. The third kappa shape index (κ3) is 2.89. The number of para-hydroxylation sites is 4. The van der Waals surface area contributed by atoms with Crippen LogP contribution in [0.25, 0.3) is 33.1 Å². The van der Waals surface area contributed by atoms with Crippen molar-refractivity contribution in [3.05, 3.63) is 144 Å². The van der Waals surface area contributed by atoms with Gasteiger partial charge in [-0.3, -0.25) is 0 Å². The van der Waals surface area contributed by atoms with E-state index < -0.39 is 0 Å². The van der Waals surface area contributed by atoms with Crippen molar-refractivity contribution in [2.75, 3.05) is 0 Å². The van der Waals surface area contributed by atoms with E-state index in [1.807, 2.05) is 48.5 Å². The topological polar surface area (TPSA) is 20.5 Å². The van der Waals surface area contributed by atoms with Gasteiger partial charge in [0.15, 0.2) is 0 Å². The van der Waals surface area contributed by atoms with Gasteiger partial charge in [-0.25, -0.2) is 4.42 Å². The highest BCUT2D eigenvalue weighted by Gasteiger charge is 2.24. The molecule has 0 bridgehead atoms. The van der Waals surface area contributed by atoms with Crippen LogP contribution < -0.4 is 4.74 Å². The third-order valence-electron chi connectivity index (χ3n) is 6.51. The molecule has 0 aliphatic carbocycles. The van der Waals surface area contributed by atoms with E-state index in [-0.39, 0.29) is 0 Å². The zero-order valence-electron chi connectivity index (χ0n) is 18.4. The number of benzene rings is 5. The second-order valence-electron chi connectivity index (χ2n) is 8.52. The normalized spacial score (nSPS) is 12.3. The van der Waals surface area contributed by atoms with Crippen LogP contribution in [-0.4, -0.2) is 0 Å². The van der Waals surface area contributed by atoms with E-state index in [0.717, 1.165) is 55.7 Å². The summed E-state index contributed by atoms with van der Waals surface area (Å²) in [6.07, 6.45) is 0. The molecule has 1 aliphatic heterocycles. The van der Waals surface area contributed by atoms with Crippen molar-refractivity contribution < 1.29 is 9.15 Å². The van der Waals surface area contributed by atoms with Crippen LogP contribution in [0.3, 0.4) is 0 Å². The Morgan fingerprint density at radius 3 is 1.74 bits per heavy atom. The molecule has 34 heavy (non-hydrogen) atoms. The zero-order valence-corrected chi connectivity index (χ0v) is 18.4. The molecule has 0 unspecified atom stereocenters. The average molecular weight is 437 g/mol. The summed E-state index contributed by atoms with van der Waals surface area (Å²) in [4.78, 5) is 0. The van der Waals surface area contributed by atoms with Crippen molar-refractivity contribution in [2.45, 2.75) is 0 Å². The molecule has 1 aliphatic rings. The second-order valence-corrected chi connectivity index (χ2v) is 8.52. The minimum Gasteiger partial charge on any atom is -0.506 e. The molecule has 0 radical (unpaired) electrons. The lowest BCUT2D eigenvalue weighted by molar-refractivity contribution is 0.465. The van der Waals surface area contributed by atoms with Gasteiger partial charge in [-0.2, -0.15) is 0 Å². The van der Waals surface area contributed by atoms with E-state index >= 15 is 0 Å². The molecule has 0 N–H and O–H groups in total. The minimum atomic E-state index is 0.885. The maximum absolute atomic E-state index is 6.23. The van der Waals surface area contributed by atoms with Crippen LogP contribution in [-0.2, 0) is 0 Å². The Balaban J connectivity index is 1.49. The fraction of sp³-hybridized carbons (Fsp3) is 0. The van der Waals surface area contributed by atoms with Gasteiger partial charge in [0.1, 0.15) is 0 Å². The van der Waals surface area contributed by atoms with Crippen LogP contribution in [0.1, 0.15) is 16.7 Å². The molecule has 2 nitrogen and oxygen atoms in total. The van der Waals surface area contributed by atoms with E-state index in [1.54, 1.807) is 0 Å². The van der Waals surface area contributed by atoms with Gasteiger partial charge in [-0.1, -0.05) is 96.4 Å². The monoisotopic (exact) mass is 436 g/mol. The number of hydrogen-bond acceptors (Lipinski definition) is 1. The highest BCUT2D eigenvalue weighted by Crippen LogP contribution is 2.47. The lowest BCUT2D eigenvalue weighted by atomic mass is 9.81. The smallest absolute Gasteiger partial charge is 0.361 e. The molecule has 1 aromatic heterocycles. The van der Waals surface area contributed by atoms with Gasteiger partial charge < -0.3 is 4.74 Å². The summed E-state index contributed by atoms with van der Waals surface area (Å²) in [5.41, 5.74) is 7.50. The predicted molar refractivity (Wildman–Crippen MR) is 137 cm³/mol. The molecule has 2 heteroatoms. The number of ether oxygens (including phenoxy) is 1. The van der Waals surface area contributed by atoms with Gasteiger partial charge in [0, 0.05) is 17.7 Å². The van der Waals surface area contributed by atoms with Gasteiger partial charge in [-0.15, -0.1) is 0 Å². The van der Waals surface area contributed by atoms with Crippen molar-refractivity contribution in [2.24, 2.45) is 0 Å². The molecule has 6 aromatic rings. The van der Waals surface area contributed by atoms with Crippen molar-refractivity contribution in [1.82, 2.24) is 0 Å². The van der Waals surface area contributed by atoms with Crippen LogP contribution in [0.2, 0.25) is 0 Å². The summed E-state index contributed by atoms with van der Waals surface area (Å²) in [5.74, 6) is 2.96. The molecule has 0 atom stereocenters. The molecule has 0 fully saturated rings. The molecule has 0 spiro atoms. The summed E-state index contributed by atoms with van der Waals surface area (Å²) in [6.45, 7) is 0. The van der Waals surface area contributed by atoms with Gasteiger partial charge in [0.25, 0.3) is 0 Å². The van der Waals surface area contributed by atoms with Crippen molar-refractivity contribution in [3.63, 3.8) is 0 Å². The molecule has 0 saturated carbocycles. The Labute approximate surface area is 197 Å². The molecule has 2 heterocycles. The van der Waals surface area contributed by atoms with E-state index in [1.165, 1.54) is 11.5 Å². The van der Waals surface area contributed by atoms with Gasteiger partial charge in [0.2, 0.25) is 0 Å². The Morgan fingerprint density at radius 2 is 1.09 bits per heavy atom. The number of fused-ring (bicyclic) bond motifs is 4.